The van der Waals surface area contributed by atoms with Gasteiger partial charge in [0.25, 0.3) is 0 Å². The van der Waals surface area contributed by atoms with Crippen molar-refractivity contribution in [2.24, 2.45) is 0 Å². The molecule has 1 fully saturated rings. The van der Waals surface area contributed by atoms with Crippen LogP contribution in [0.5, 0.6) is 0 Å². The van der Waals surface area contributed by atoms with E-state index in [1.807, 2.05) is 13.8 Å². The molecule has 0 bridgehead atoms. The lowest BCUT2D eigenvalue weighted by atomic mass is 10.1. The fraction of sp³-hybridized carbons (Fsp3) is 0.833. The molecule has 1 saturated heterocycles. The molecule has 5 nitrogen and oxygen atoms in total. The van der Waals surface area contributed by atoms with Crippen LogP contribution in [0.4, 0.5) is 4.79 Å². The van der Waals surface area contributed by atoms with E-state index in [0.717, 1.165) is 25.7 Å². The maximum absolute atomic E-state index is 12.0. The average Bonchev–Trinajstić information content (AvgIpc) is 2.53. The number of hydrogen-bond acceptors (Lipinski definition) is 2. The Morgan fingerprint density at radius 1 is 1.41 bits per heavy atom. The Bertz CT molecular complexity index is 281. The minimum absolute atomic E-state index is 0.0835. The van der Waals surface area contributed by atoms with Gasteiger partial charge in [-0.2, -0.15) is 0 Å². The molecule has 2 unspecified atom stereocenters. The van der Waals surface area contributed by atoms with Gasteiger partial charge in [-0.1, -0.05) is 19.8 Å². The molecule has 1 aliphatic rings. The van der Waals surface area contributed by atoms with Crippen LogP contribution in [0.2, 0.25) is 0 Å². The van der Waals surface area contributed by atoms with Gasteiger partial charge in [-0.25, -0.2) is 9.59 Å². The Hall–Kier alpha value is -1.26. The molecule has 5 heteroatoms. The lowest BCUT2D eigenvalue weighted by Crippen LogP contribution is -2.51. The van der Waals surface area contributed by atoms with Crippen molar-refractivity contribution in [2.45, 2.75) is 58.0 Å². The lowest BCUT2D eigenvalue weighted by molar-refractivity contribution is -0.142. The van der Waals surface area contributed by atoms with Crippen molar-refractivity contribution in [3.63, 3.8) is 0 Å². The molecule has 0 radical (unpaired) electrons. The number of carboxylic acids is 1. The van der Waals surface area contributed by atoms with E-state index in [2.05, 4.69) is 5.32 Å². The van der Waals surface area contributed by atoms with E-state index in [0.29, 0.717) is 13.0 Å². The summed E-state index contributed by atoms with van der Waals surface area (Å²) in [5, 5.41) is 12.0. The molecule has 1 rings (SSSR count). The summed E-state index contributed by atoms with van der Waals surface area (Å²) in [5.41, 5.74) is 0. The molecule has 0 aromatic heterocycles. The first kappa shape index (κ1) is 13.8. The summed E-state index contributed by atoms with van der Waals surface area (Å²) < 4.78 is 0. The van der Waals surface area contributed by atoms with Crippen LogP contribution in [0.1, 0.15) is 46.0 Å². The Labute approximate surface area is 102 Å². The number of hydrogen-bond donors (Lipinski definition) is 2. The summed E-state index contributed by atoms with van der Waals surface area (Å²) in [6, 6.07) is -0.824. The van der Waals surface area contributed by atoms with Gasteiger partial charge < -0.3 is 15.3 Å². The van der Waals surface area contributed by atoms with Gasteiger partial charge in [0.05, 0.1) is 0 Å². The number of carbonyl (C=O) groups is 2. The van der Waals surface area contributed by atoms with Crippen molar-refractivity contribution >= 4 is 12.0 Å². The fourth-order valence-corrected chi connectivity index (χ4v) is 2.00. The number of nitrogens with one attached hydrogen (secondary N) is 1. The first-order valence-corrected chi connectivity index (χ1v) is 6.36. The highest BCUT2D eigenvalue weighted by Gasteiger charge is 2.30. The highest BCUT2D eigenvalue weighted by molar-refractivity contribution is 5.82. The molecule has 1 aliphatic heterocycles. The summed E-state index contributed by atoms with van der Waals surface area (Å²) in [5.74, 6) is -0.897. The zero-order valence-electron chi connectivity index (χ0n) is 10.6. The number of nitrogens with zero attached hydrogens (tertiary/aromatic N) is 1. The number of aliphatic carboxylic acids is 1. The smallest absolute Gasteiger partial charge is 0.326 e. The van der Waals surface area contributed by atoms with E-state index >= 15 is 0 Å². The van der Waals surface area contributed by atoms with Crippen molar-refractivity contribution < 1.29 is 14.7 Å². The Kier molecular flexibility index (Phi) is 5.25. The van der Waals surface area contributed by atoms with Crippen LogP contribution < -0.4 is 5.32 Å². The van der Waals surface area contributed by atoms with E-state index in [4.69, 9.17) is 5.11 Å². The van der Waals surface area contributed by atoms with Gasteiger partial charge in [-0.3, -0.25) is 0 Å². The summed E-state index contributed by atoms with van der Waals surface area (Å²) in [4.78, 5) is 24.6. The fourth-order valence-electron chi connectivity index (χ4n) is 2.00. The second kappa shape index (κ2) is 6.47. The van der Waals surface area contributed by atoms with E-state index in [9.17, 15) is 9.59 Å². The Morgan fingerprint density at radius 3 is 2.71 bits per heavy atom. The van der Waals surface area contributed by atoms with Gasteiger partial charge in [0.2, 0.25) is 0 Å². The standard InChI is InChI=1S/C12H22N2O3/c1-3-9(2)13-12(17)14-8-6-4-5-7-10(14)11(15)16/h9-10H,3-8H2,1-2H3,(H,13,17)(H,15,16). The highest BCUT2D eigenvalue weighted by Crippen LogP contribution is 2.17. The number of amides is 2. The maximum Gasteiger partial charge on any atom is 0.326 e. The number of likely N-dealkylation sites (tertiary alicyclic amines) is 1. The summed E-state index contributed by atoms with van der Waals surface area (Å²) in [7, 11) is 0. The quantitative estimate of drug-likeness (QED) is 0.793. The molecular formula is C12H22N2O3. The van der Waals surface area contributed by atoms with Crippen LogP contribution >= 0.6 is 0 Å². The molecule has 1 heterocycles. The molecule has 0 aliphatic carbocycles. The Balaban J connectivity index is 2.68. The number of urea groups is 1. The van der Waals surface area contributed by atoms with Crippen molar-refractivity contribution in [2.75, 3.05) is 6.54 Å². The predicted octanol–water partition coefficient (Wildman–Crippen LogP) is 1.82. The molecule has 0 spiro atoms. The molecule has 98 valence electrons. The van der Waals surface area contributed by atoms with Gasteiger partial charge in [0.15, 0.2) is 0 Å². The highest BCUT2D eigenvalue weighted by atomic mass is 16.4. The second-order valence-corrected chi connectivity index (χ2v) is 4.66. The molecule has 2 atom stereocenters. The first-order chi connectivity index (χ1) is 8.06. The van der Waals surface area contributed by atoms with E-state index in [-0.39, 0.29) is 12.1 Å². The van der Waals surface area contributed by atoms with E-state index < -0.39 is 12.0 Å². The van der Waals surface area contributed by atoms with Crippen LogP contribution in [0, 0.1) is 0 Å². The number of carbonyl (C=O) groups excluding carboxylic acids is 1. The average molecular weight is 242 g/mol. The van der Waals surface area contributed by atoms with Crippen LogP contribution in [0.15, 0.2) is 0 Å². The molecule has 0 saturated carbocycles. The minimum atomic E-state index is -0.897. The molecular weight excluding hydrogens is 220 g/mol. The normalized spacial score (nSPS) is 22.7. The maximum atomic E-state index is 12.0. The molecule has 0 aromatic carbocycles. The second-order valence-electron chi connectivity index (χ2n) is 4.66. The predicted molar refractivity (Wildman–Crippen MR) is 64.9 cm³/mol. The Morgan fingerprint density at radius 2 is 2.12 bits per heavy atom. The third-order valence-corrected chi connectivity index (χ3v) is 3.28. The lowest BCUT2D eigenvalue weighted by Gasteiger charge is -2.28. The van der Waals surface area contributed by atoms with Gasteiger partial charge in [0.1, 0.15) is 6.04 Å². The largest absolute Gasteiger partial charge is 0.480 e. The third-order valence-electron chi connectivity index (χ3n) is 3.28. The minimum Gasteiger partial charge on any atom is -0.480 e. The molecule has 2 N–H and O–H groups in total. The van der Waals surface area contributed by atoms with Gasteiger partial charge in [-0.15, -0.1) is 0 Å². The van der Waals surface area contributed by atoms with Gasteiger partial charge in [-0.05, 0) is 26.2 Å². The zero-order valence-corrected chi connectivity index (χ0v) is 10.6. The molecule has 0 aromatic rings. The number of rotatable bonds is 3. The first-order valence-electron chi connectivity index (χ1n) is 6.36. The topological polar surface area (TPSA) is 69.6 Å². The zero-order chi connectivity index (χ0) is 12.8. The van der Waals surface area contributed by atoms with Crippen LogP contribution in [0.25, 0.3) is 0 Å². The molecule has 17 heavy (non-hydrogen) atoms. The van der Waals surface area contributed by atoms with Crippen molar-refractivity contribution in [1.29, 1.82) is 0 Å². The van der Waals surface area contributed by atoms with E-state index in [1.165, 1.54) is 4.90 Å². The van der Waals surface area contributed by atoms with E-state index in [1.54, 1.807) is 0 Å². The monoisotopic (exact) mass is 242 g/mol. The third kappa shape index (κ3) is 3.91. The van der Waals surface area contributed by atoms with Crippen molar-refractivity contribution in [1.82, 2.24) is 10.2 Å². The molecule has 2 amide bonds. The number of carboxylic acid groups (broad SMARTS) is 1. The van der Waals surface area contributed by atoms with Gasteiger partial charge in [0, 0.05) is 12.6 Å². The summed E-state index contributed by atoms with van der Waals surface area (Å²) >= 11 is 0. The van der Waals surface area contributed by atoms with Crippen LogP contribution in [-0.4, -0.2) is 40.6 Å². The van der Waals surface area contributed by atoms with Crippen molar-refractivity contribution in [3.05, 3.63) is 0 Å². The van der Waals surface area contributed by atoms with Crippen molar-refractivity contribution in [3.8, 4) is 0 Å². The summed E-state index contributed by atoms with van der Waals surface area (Å²) in [6.07, 6.45) is 4.17. The van der Waals surface area contributed by atoms with Crippen LogP contribution in [-0.2, 0) is 4.79 Å². The SMILES string of the molecule is CCC(C)NC(=O)N1CCCCCC1C(=O)O. The van der Waals surface area contributed by atoms with Gasteiger partial charge >= 0.3 is 12.0 Å². The summed E-state index contributed by atoms with van der Waals surface area (Å²) in [6.45, 7) is 4.45. The van der Waals surface area contributed by atoms with Crippen LogP contribution in [0.3, 0.4) is 0 Å².